The van der Waals surface area contributed by atoms with Crippen LogP contribution in [0.2, 0.25) is 0 Å². The largest absolute Gasteiger partial charge is 0.385 e. The summed E-state index contributed by atoms with van der Waals surface area (Å²) in [6.45, 7) is 1.89. The molecule has 0 radical (unpaired) electrons. The van der Waals surface area contributed by atoms with Crippen molar-refractivity contribution in [3.8, 4) is 0 Å². The Hall–Kier alpha value is -4.71. The van der Waals surface area contributed by atoms with Gasteiger partial charge in [-0.25, -0.2) is 0 Å². The second-order valence-corrected chi connectivity index (χ2v) is 7.60. The molecule has 1 aliphatic heterocycles. The van der Waals surface area contributed by atoms with Gasteiger partial charge in [0.2, 0.25) is 0 Å². The number of nitrogens with one attached hydrogen (secondary N) is 1. The highest BCUT2D eigenvalue weighted by Gasteiger charge is 2.42. The van der Waals surface area contributed by atoms with Gasteiger partial charge in [0.25, 0.3) is 11.4 Å². The third-order valence-corrected chi connectivity index (χ3v) is 5.33. The zero-order valence-electron chi connectivity index (χ0n) is 17.8. The predicted molar refractivity (Wildman–Crippen MR) is 123 cm³/mol. The Morgan fingerprint density at radius 1 is 0.794 bits per heavy atom. The van der Waals surface area contributed by atoms with Gasteiger partial charge in [-0.05, 0) is 35.1 Å². The average molecular weight is 462 g/mol. The summed E-state index contributed by atoms with van der Waals surface area (Å²) >= 11 is 0. The van der Waals surface area contributed by atoms with Gasteiger partial charge in [-0.15, -0.1) is 0 Å². The number of nitrogens with zero attached hydrogens (tertiary/aromatic N) is 5. The molecule has 0 spiro atoms. The second kappa shape index (κ2) is 9.03. The van der Waals surface area contributed by atoms with Gasteiger partial charge in [-0.1, -0.05) is 42.0 Å². The molecule has 0 bridgehead atoms. The summed E-state index contributed by atoms with van der Waals surface area (Å²) in [6.07, 6.45) is -0.837. The van der Waals surface area contributed by atoms with E-state index < -0.39 is 32.8 Å². The number of benzene rings is 3. The molecule has 0 aliphatic carbocycles. The SMILES string of the molecule is Cc1ccc(N2N=C([N+](=O)[O-])[C@@H](c3cccc([N+](=O)[O-])c3)N[C@@H]2c2cccc([N+](=O)[O-])c2)cc1. The van der Waals surface area contributed by atoms with Gasteiger partial charge in [0.1, 0.15) is 6.04 Å². The fraction of sp³-hybridized carbons (Fsp3) is 0.136. The molecule has 12 nitrogen and oxygen atoms in total. The van der Waals surface area contributed by atoms with Crippen LogP contribution < -0.4 is 10.3 Å². The van der Waals surface area contributed by atoms with E-state index in [0.29, 0.717) is 11.3 Å². The van der Waals surface area contributed by atoms with E-state index in [1.807, 2.05) is 19.1 Å². The number of non-ortho nitro benzene ring substituents is 2. The van der Waals surface area contributed by atoms with Crippen molar-refractivity contribution >= 4 is 22.9 Å². The van der Waals surface area contributed by atoms with E-state index in [1.54, 1.807) is 18.2 Å². The van der Waals surface area contributed by atoms with Crippen LogP contribution in [0.4, 0.5) is 17.1 Å². The van der Waals surface area contributed by atoms with Gasteiger partial charge in [0.15, 0.2) is 6.17 Å². The Labute approximate surface area is 192 Å². The van der Waals surface area contributed by atoms with Crippen molar-refractivity contribution in [3.05, 3.63) is 120 Å². The molecule has 1 aliphatic rings. The summed E-state index contributed by atoms with van der Waals surface area (Å²) in [5, 5.41) is 43.4. The molecule has 34 heavy (non-hydrogen) atoms. The van der Waals surface area contributed by atoms with Crippen LogP contribution in [0.3, 0.4) is 0 Å². The van der Waals surface area contributed by atoms with Crippen molar-refractivity contribution in [2.24, 2.45) is 5.10 Å². The van der Waals surface area contributed by atoms with E-state index in [0.717, 1.165) is 5.56 Å². The first-order valence-corrected chi connectivity index (χ1v) is 10.1. The predicted octanol–water partition coefficient (Wildman–Crippen LogP) is 4.25. The van der Waals surface area contributed by atoms with E-state index in [2.05, 4.69) is 10.4 Å². The maximum absolute atomic E-state index is 12.0. The third-order valence-electron chi connectivity index (χ3n) is 5.33. The number of nitro groups is 3. The van der Waals surface area contributed by atoms with E-state index in [9.17, 15) is 30.3 Å². The monoisotopic (exact) mass is 462 g/mol. The summed E-state index contributed by atoms with van der Waals surface area (Å²) in [4.78, 5) is 32.8. The van der Waals surface area contributed by atoms with Crippen molar-refractivity contribution in [1.82, 2.24) is 5.32 Å². The van der Waals surface area contributed by atoms with Gasteiger partial charge >= 0.3 is 5.84 Å². The highest BCUT2D eigenvalue weighted by atomic mass is 16.6. The standard InChI is InChI=1S/C22H18N6O6/c1-14-8-10-17(11-9-14)25-21(16-5-3-7-19(13-16)27(31)32)23-20(22(24-25)28(33)34)15-4-2-6-18(12-15)26(29)30/h2-13,20-21,23H,1H3/t20-,21+/m1/s1. The fourth-order valence-electron chi connectivity index (χ4n) is 3.68. The maximum Gasteiger partial charge on any atom is 0.385 e. The number of hydrazone groups is 1. The van der Waals surface area contributed by atoms with Crippen LogP contribution >= 0.6 is 0 Å². The third kappa shape index (κ3) is 4.42. The number of anilines is 1. The number of hydrogen-bond acceptors (Lipinski definition) is 9. The van der Waals surface area contributed by atoms with Crippen LogP contribution in [0.5, 0.6) is 0 Å². The maximum atomic E-state index is 12.0. The van der Waals surface area contributed by atoms with E-state index in [4.69, 9.17) is 0 Å². The summed E-state index contributed by atoms with van der Waals surface area (Å²) in [5.74, 6) is -0.470. The minimum absolute atomic E-state index is 0.154. The Morgan fingerprint density at radius 3 is 1.91 bits per heavy atom. The summed E-state index contributed by atoms with van der Waals surface area (Å²) in [6, 6.07) is 17.3. The lowest BCUT2D eigenvalue weighted by Gasteiger charge is -2.33. The molecule has 4 rings (SSSR count). The lowest BCUT2D eigenvalue weighted by atomic mass is 10.0. The van der Waals surface area contributed by atoms with Crippen molar-refractivity contribution < 1.29 is 14.8 Å². The normalized spacial score (nSPS) is 17.7. The van der Waals surface area contributed by atoms with E-state index >= 15 is 0 Å². The van der Waals surface area contributed by atoms with Crippen LogP contribution in [0, 0.1) is 37.3 Å². The molecule has 0 aromatic heterocycles. The highest BCUT2D eigenvalue weighted by Crippen LogP contribution is 2.35. The molecule has 0 fully saturated rings. The zero-order chi connectivity index (χ0) is 24.4. The van der Waals surface area contributed by atoms with Gasteiger partial charge in [-0.2, -0.15) is 5.01 Å². The molecule has 1 N–H and O–H groups in total. The molecule has 0 amide bonds. The number of amidine groups is 1. The van der Waals surface area contributed by atoms with Crippen molar-refractivity contribution in [2.45, 2.75) is 19.1 Å². The number of hydrogen-bond donors (Lipinski definition) is 1. The van der Waals surface area contributed by atoms with Crippen LogP contribution in [0.25, 0.3) is 0 Å². The molecule has 0 saturated heterocycles. The van der Waals surface area contributed by atoms with Gasteiger partial charge in [0, 0.05) is 24.3 Å². The van der Waals surface area contributed by atoms with Gasteiger partial charge in [-0.3, -0.25) is 25.5 Å². The molecular formula is C22H18N6O6. The Bertz CT molecular complexity index is 1310. The summed E-state index contributed by atoms with van der Waals surface area (Å²) in [7, 11) is 0. The lowest BCUT2D eigenvalue weighted by molar-refractivity contribution is -0.385. The molecule has 0 unspecified atom stereocenters. The first-order valence-electron chi connectivity index (χ1n) is 10.1. The van der Waals surface area contributed by atoms with Crippen LogP contribution in [0.1, 0.15) is 28.9 Å². The molecular weight excluding hydrogens is 444 g/mol. The quantitative estimate of drug-likeness (QED) is 0.435. The Balaban J connectivity index is 1.88. The molecule has 3 aromatic carbocycles. The molecule has 2 atom stereocenters. The summed E-state index contributed by atoms with van der Waals surface area (Å²) < 4.78 is 0. The molecule has 1 heterocycles. The van der Waals surface area contributed by atoms with Gasteiger partial charge < -0.3 is 10.1 Å². The second-order valence-electron chi connectivity index (χ2n) is 7.60. The highest BCUT2D eigenvalue weighted by molar-refractivity contribution is 5.84. The van der Waals surface area contributed by atoms with E-state index in [1.165, 1.54) is 47.5 Å². The van der Waals surface area contributed by atoms with Crippen LogP contribution in [-0.2, 0) is 0 Å². The average Bonchev–Trinajstić information content (AvgIpc) is 2.84. The first kappa shape index (κ1) is 22.5. The number of aryl methyl sites for hydroxylation is 1. The fourth-order valence-corrected chi connectivity index (χ4v) is 3.68. The smallest absolute Gasteiger partial charge is 0.358 e. The minimum atomic E-state index is -1.11. The molecule has 172 valence electrons. The number of rotatable bonds is 5. The lowest BCUT2D eigenvalue weighted by Crippen LogP contribution is -2.48. The van der Waals surface area contributed by atoms with Crippen molar-refractivity contribution in [2.75, 3.05) is 5.01 Å². The van der Waals surface area contributed by atoms with E-state index in [-0.39, 0.29) is 16.9 Å². The Kier molecular flexibility index (Phi) is 5.97. The topological polar surface area (TPSA) is 157 Å². The van der Waals surface area contributed by atoms with Crippen molar-refractivity contribution in [1.29, 1.82) is 0 Å². The number of nitro benzene ring substituents is 2. The Morgan fingerprint density at radius 2 is 1.35 bits per heavy atom. The zero-order valence-corrected chi connectivity index (χ0v) is 17.8. The summed E-state index contributed by atoms with van der Waals surface area (Å²) in [5.41, 5.74) is 1.81. The van der Waals surface area contributed by atoms with Gasteiger partial charge in [0.05, 0.1) is 20.6 Å². The van der Waals surface area contributed by atoms with Crippen LogP contribution in [0.15, 0.2) is 77.9 Å². The first-order chi connectivity index (χ1) is 16.2. The molecule has 0 saturated carbocycles. The molecule has 3 aromatic rings. The van der Waals surface area contributed by atoms with Crippen molar-refractivity contribution in [3.63, 3.8) is 0 Å². The van der Waals surface area contributed by atoms with Crippen LogP contribution in [-0.4, -0.2) is 20.6 Å². The molecule has 12 heteroatoms. The minimum Gasteiger partial charge on any atom is -0.358 e.